The lowest BCUT2D eigenvalue weighted by molar-refractivity contribution is -0.143. The molecule has 7 nitrogen and oxygen atoms in total. The summed E-state index contributed by atoms with van der Waals surface area (Å²) < 4.78 is 34.3. The van der Waals surface area contributed by atoms with E-state index in [1.54, 1.807) is 39.8 Å². The molecule has 0 aliphatic heterocycles. The number of esters is 1. The summed E-state index contributed by atoms with van der Waals surface area (Å²) in [7, 11) is 0. The fraction of sp³-hybridized carbons (Fsp3) is 0.286. The maximum Gasteiger partial charge on any atom is 0.308 e. The lowest BCUT2D eigenvalue weighted by Gasteiger charge is -2.22. The summed E-state index contributed by atoms with van der Waals surface area (Å²) in [6.45, 7) is 6.35. The van der Waals surface area contributed by atoms with Crippen molar-refractivity contribution >= 4 is 29.4 Å². The van der Waals surface area contributed by atoms with Crippen molar-refractivity contribution in [2.24, 2.45) is 0 Å². The number of amides is 2. The van der Waals surface area contributed by atoms with Crippen LogP contribution in [0.5, 0.6) is 0 Å². The molecular formula is C28H28ClF2N3O4. The average Bonchev–Trinajstić information content (AvgIpc) is 2.83. The van der Waals surface area contributed by atoms with Crippen molar-refractivity contribution in [3.05, 3.63) is 87.2 Å². The zero-order chi connectivity index (χ0) is 28.0. The number of carbonyl (C=O) groups is 3. The number of aromatic nitrogens is 1. The number of nitrogens with zero attached hydrogens (tertiary/aromatic N) is 1. The van der Waals surface area contributed by atoms with E-state index in [2.05, 4.69) is 15.6 Å². The van der Waals surface area contributed by atoms with E-state index >= 15 is 4.39 Å². The summed E-state index contributed by atoms with van der Waals surface area (Å²) in [4.78, 5) is 41.4. The molecule has 3 rings (SSSR count). The summed E-state index contributed by atoms with van der Waals surface area (Å²) >= 11 is 5.81. The van der Waals surface area contributed by atoms with Gasteiger partial charge in [-0.15, -0.1) is 0 Å². The smallest absolute Gasteiger partial charge is 0.308 e. The van der Waals surface area contributed by atoms with E-state index in [4.69, 9.17) is 16.3 Å². The Bertz CT molecular complexity index is 1360. The molecule has 2 N–H and O–H groups in total. The molecule has 0 bridgehead atoms. The summed E-state index contributed by atoms with van der Waals surface area (Å²) in [5.74, 6) is -2.91. The van der Waals surface area contributed by atoms with Gasteiger partial charge in [0, 0.05) is 5.56 Å². The third-order valence-corrected chi connectivity index (χ3v) is 6.02. The van der Waals surface area contributed by atoms with Gasteiger partial charge < -0.3 is 15.4 Å². The van der Waals surface area contributed by atoms with E-state index in [0.717, 1.165) is 5.56 Å². The molecule has 0 fully saturated rings. The molecule has 200 valence electrons. The minimum atomic E-state index is -1.09. The molecule has 0 radical (unpaired) electrons. The fourth-order valence-corrected chi connectivity index (χ4v) is 4.38. The van der Waals surface area contributed by atoms with Crippen LogP contribution in [0.25, 0.3) is 11.1 Å². The van der Waals surface area contributed by atoms with E-state index in [1.807, 2.05) is 0 Å². The van der Waals surface area contributed by atoms with Gasteiger partial charge >= 0.3 is 5.97 Å². The van der Waals surface area contributed by atoms with Crippen LogP contribution in [0.15, 0.2) is 42.5 Å². The highest BCUT2D eigenvalue weighted by Gasteiger charge is 2.25. The first-order valence-electron chi connectivity index (χ1n) is 11.9. The minimum Gasteiger partial charge on any atom is -0.466 e. The van der Waals surface area contributed by atoms with Crippen LogP contribution in [0.4, 0.5) is 8.78 Å². The molecule has 10 heteroatoms. The Hall–Kier alpha value is -3.85. The number of carbonyl (C=O) groups excluding carboxylic acids is 3. The predicted octanol–water partition coefficient (Wildman–Crippen LogP) is 5.15. The van der Waals surface area contributed by atoms with Crippen molar-refractivity contribution in [2.45, 2.75) is 40.2 Å². The highest BCUT2D eigenvalue weighted by Crippen LogP contribution is 2.33. The first-order valence-corrected chi connectivity index (χ1v) is 12.3. The van der Waals surface area contributed by atoms with Gasteiger partial charge in [0.25, 0.3) is 5.91 Å². The quantitative estimate of drug-likeness (QED) is 0.287. The molecule has 3 aromatic rings. The number of hydrogen-bond acceptors (Lipinski definition) is 5. The zero-order valence-corrected chi connectivity index (χ0v) is 22.2. The number of aryl methyl sites for hydroxylation is 3. The van der Waals surface area contributed by atoms with Crippen LogP contribution in [0.2, 0.25) is 5.15 Å². The fourth-order valence-electron chi connectivity index (χ4n) is 4.22. The standard InChI is InChI=1S/C28H28ClF2N3O4/c1-5-38-25(36)13-22(34-24(35)14-32-28(37)21-7-6-8-23(29)33-21)20-12-18(9-17(4)27(20)31)26-15(2)10-19(30)11-16(26)3/h6-12,22H,5,13-14H2,1-4H3,(H,32,37)(H,34,35)/t22-/m0/s1. The molecule has 1 aromatic heterocycles. The van der Waals surface area contributed by atoms with Gasteiger partial charge in [0.1, 0.15) is 22.5 Å². The number of rotatable bonds is 9. The molecule has 0 saturated carbocycles. The lowest BCUT2D eigenvalue weighted by atomic mass is 9.90. The van der Waals surface area contributed by atoms with E-state index in [-0.39, 0.29) is 40.8 Å². The number of ether oxygens (including phenoxy) is 1. The third kappa shape index (κ3) is 7.13. The lowest BCUT2D eigenvalue weighted by Crippen LogP contribution is -2.40. The Balaban J connectivity index is 1.91. The van der Waals surface area contributed by atoms with E-state index in [0.29, 0.717) is 16.7 Å². The van der Waals surface area contributed by atoms with Gasteiger partial charge in [-0.25, -0.2) is 13.8 Å². The van der Waals surface area contributed by atoms with Crippen molar-refractivity contribution in [1.29, 1.82) is 0 Å². The summed E-state index contributed by atoms with van der Waals surface area (Å²) in [6.07, 6.45) is -0.343. The SMILES string of the molecule is CCOC(=O)C[C@H](NC(=O)CNC(=O)c1cccc(Cl)n1)c1cc(-c2c(C)cc(F)cc2C)cc(C)c1F. The summed E-state index contributed by atoms with van der Waals surface area (Å²) in [5, 5.41) is 5.17. The number of halogens is 3. The molecule has 1 atom stereocenters. The number of pyridine rings is 1. The van der Waals surface area contributed by atoms with E-state index in [9.17, 15) is 18.8 Å². The van der Waals surface area contributed by atoms with Crippen LogP contribution in [0.1, 0.15) is 52.1 Å². The number of nitrogens with one attached hydrogen (secondary N) is 2. The van der Waals surface area contributed by atoms with Crippen LogP contribution in [-0.2, 0) is 14.3 Å². The van der Waals surface area contributed by atoms with Gasteiger partial charge in [-0.1, -0.05) is 17.7 Å². The highest BCUT2D eigenvalue weighted by atomic mass is 35.5. The van der Waals surface area contributed by atoms with Gasteiger partial charge in [-0.05, 0) is 91.9 Å². The zero-order valence-electron chi connectivity index (χ0n) is 21.5. The number of hydrogen-bond donors (Lipinski definition) is 2. The maximum absolute atomic E-state index is 15.4. The molecule has 38 heavy (non-hydrogen) atoms. The van der Waals surface area contributed by atoms with Gasteiger partial charge in [0.2, 0.25) is 5.91 Å². The highest BCUT2D eigenvalue weighted by molar-refractivity contribution is 6.29. The molecule has 0 aliphatic rings. The van der Waals surface area contributed by atoms with Gasteiger partial charge in [0.05, 0.1) is 25.6 Å². The summed E-state index contributed by atoms with van der Waals surface area (Å²) in [6, 6.07) is 9.33. The molecule has 1 heterocycles. The molecular weight excluding hydrogens is 516 g/mol. The van der Waals surface area contributed by atoms with Gasteiger partial charge in [0.15, 0.2) is 0 Å². The molecule has 0 saturated heterocycles. The van der Waals surface area contributed by atoms with Crippen LogP contribution in [0, 0.1) is 32.4 Å². The van der Waals surface area contributed by atoms with Crippen molar-refractivity contribution < 1.29 is 27.9 Å². The first-order chi connectivity index (χ1) is 18.0. The normalized spacial score (nSPS) is 11.6. The van der Waals surface area contributed by atoms with Crippen LogP contribution >= 0.6 is 11.6 Å². The van der Waals surface area contributed by atoms with Crippen molar-refractivity contribution in [2.75, 3.05) is 13.2 Å². The average molecular weight is 544 g/mol. The Labute approximate surface area is 224 Å². The second-order valence-corrected chi connectivity index (χ2v) is 9.16. The maximum atomic E-state index is 15.4. The van der Waals surface area contributed by atoms with Crippen molar-refractivity contribution in [3.8, 4) is 11.1 Å². The first kappa shape index (κ1) is 28.7. The number of benzene rings is 2. The monoisotopic (exact) mass is 543 g/mol. The molecule has 0 unspecified atom stereocenters. The Morgan fingerprint density at radius 2 is 1.71 bits per heavy atom. The topological polar surface area (TPSA) is 97.4 Å². The van der Waals surface area contributed by atoms with E-state index in [1.165, 1.54) is 30.3 Å². The van der Waals surface area contributed by atoms with Crippen LogP contribution in [0.3, 0.4) is 0 Å². The largest absolute Gasteiger partial charge is 0.466 e. The molecule has 2 aromatic carbocycles. The Morgan fingerprint density at radius 3 is 2.34 bits per heavy atom. The Morgan fingerprint density at radius 1 is 1.03 bits per heavy atom. The third-order valence-electron chi connectivity index (χ3n) is 5.81. The minimum absolute atomic E-state index is 0.0211. The molecule has 0 aliphatic carbocycles. The summed E-state index contributed by atoms with van der Waals surface area (Å²) in [5.41, 5.74) is 3.00. The Kier molecular flexibility index (Phi) is 9.52. The molecule has 0 spiro atoms. The van der Waals surface area contributed by atoms with Gasteiger partial charge in [-0.3, -0.25) is 14.4 Å². The van der Waals surface area contributed by atoms with Crippen molar-refractivity contribution in [1.82, 2.24) is 15.6 Å². The second-order valence-electron chi connectivity index (χ2n) is 8.77. The molecule has 2 amide bonds. The van der Waals surface area contributed by atoms with E-state index < -0.39 is 36.2 Å². The second kappa shape index (κ2) is 12.6. The predicted molar refractivity (Wildman–Crippen MR) is 140 cm³/mol. The van der Waals surface area contributed by atoms with Crippen LogP contribution < -0.4 is 10.6 Å². The van der Waals surface area contributed by atoms with Gasteiger partial charge in [-0.2, -0.15) is 0 Å². The van der Waals surface area contributed by atoms with Crippen molar-refractivity contribution in [3.63, 3.8) is 0 Å². The van der Waals surface area contributed by atoms with Crippen LogP contribution in [-0.4, -0.2) is 35.9 Å².